The van der Waals surface area contributed by atoms with Crippen molar-refractivity contribution in [2.75, 3.05) is 5.32 Å². The maximum Gasteiger partial charge on any atom is 0.101 e. The Hall–Kier alpha value is -1.20. The van der Waals surface area contributed by atoms with E-state index in [0.717, 1.165) is 18.5 Å². The van der Waals surface area contributed by atoms with Crippen molar-refractivity contribution in [1.29, 1.82) is 5.26 Å². The van der Waals surface area contributed by atoms with Crippen LogP contribution in [-0.4, -0.2) is 6.04 Å². The molecule has 0 aliphatic rings. The van der Waals surface area contributed by atoms with Crippen molar-refractivity contribution in [1.82, 2.24) is 0 Å². The molecule has 1 unspecified atom stereocenters. The molecule has 0 fully saturated rings. The van der Waals surface area contributed by atoms with Crippen LogP contribution < -0.4 is 5.32 Å². The highest BCUT2D eigenvalue weighted by molar-refractivity contribution is 6.31. The molecule has 0 bridgehead atoms. The summed E-state index contributed by atoms with van der Waals surface area (Å²) in [7, 11) is 0. The number of benzene rings is 1. The molecular formula is C12H15ClN2. The fourth-order valence-corrected chi connectivity index (χ4v) is 1.65. The zero-order valence-corrected chi connectivity index (χ0v) is 9.80. The molecule has 0 amide bonds. The standard InChI is InChI=1S/C12H15ClN2/c1-3-4-9(2)15-11-5-6-12(13)10(7-11)8-14/h5-7,9,15H,3-4H2,1-2H3. The van der Waals surface area contributed by atoms with Crippen LogP contribution in [0.5, 0.6) is 0 Å². The molecule has 1 atom stereocenters. The second-order valence-electron chi connectivity index (χ2n) is 3.64. The molecule has 1 rings (SSSR count). The van der Waals surface area contributed by atoms with E-state index in [9.17, 15) is 0 Å². The SMILES string of the molecule is CCCC(C)Nc1ccc(Cl)c(C#N)c1. The second-order valence-corrected chi connectivity index (χ2v) is 4.05. The van der Waals surface area contributed by atoms with E-state index < -0.39 is 0 Å². The van der Waals surface area contributed by atoms with E-state index in [1.54, 1.807) is 12.1 Å². The minimum Gasteiger partial charge on any atom is -0.383 e. The Kier molecular flexibility index (Phi) is 4.45. The maximum atomic E-state index is 8.82. The normalized spacial score (nSPS) is 11.9. The van der Waals surface area contributed by atoms with Gasteiger partial charge >= 0.3 is 0 Å². The zero-order valence-electron chi connectivity index (χ0n) is 9.05. The average Bonchev–Trinajstić information content (AvgIpc) is 2.21. The van der Waals surface area contributed by atoms with Gasteiger partial charge in [0.2, 0.25) is 0 Å². The minimum atomic E-state index is 0.419. The van der Waals surface area contributed by atoms with Gasteiger partial charge in [-0.3, -0.25) is 0 Å². The Morgan fingerprint density at radius 3 is 2.87 bits per heavy atom. The van der Waals surface area contributed by atoms with Gasteiger partial charge in [-0.05, 0) is 31.5 Å². The molecule has 1 aromatic carbocycles. The summed E-state index contributed by atoms with van der Waals surface area (Å²) in [4.78, 5) is 0. The predicted octanol–water partition coefficient (Wildman–Crippen LogP) is 3.81. The van der Waals surface area contributed by atoms with Crippen molar-refractivity contribution in [3.05, 3.63) is 28.8 Å². The van der Waals surface area contributed by atoms with Crippen LogP contribution in [0.2, 0.25) is 5.02 Å². The molecular weight excluding hydrogens is 208 g/mol. The summed E-state index contributed by atoms with van der Waals surface area (Å²) in [5.74, 6) is 0. The van der Waals surface area contributed by atoms with Crippen LogP contribution in [-0.2, 0) is 0 Å². The first kappa shape index (κ1) is 11.9. The number of hydrogen-bond acceptors (Lipinski definition) is 2. The van der Waals surface area contributed by atoms with E-state index >= 15 is 0 Å². The number of halogens is 1. The van der Waals surface area contributed by atoms with E-state index in [1.807, 2.05) is 6.07 Å². The molecule has 0 aliphatic carbocycles. The topological polar surface area (TPSA) is 35.8 Å². The van der Waals surface area contributed by atoms with Gasteiger partial charge in [0, 0.05) is 11.7 Å². The van der Waals surface area contributed by atoms with Crippen LogP contribution in [0.25, 0.3) is 0 Å². The number of anilines is 1. The summed E-state index contributed by atoms with van der Waals surface area (Å²) in [6.07, 6.45) is 2.26. The molecule has 15 heavy (non-hydrogen) atoms. The molecule has 1 aromatic rings. The van der Waals surface area contributed by atoms with Crippen LogP contribution in [0.3, 0.4) is 0 Å². The first-order valence-electron chi connectivity index (χ1n) is 5.13. The number of nitrogens with zero attached hydrogens (tertiary/aromatic N) is 1. The van der Waals surface area contributed by atoms with E-state index in [1.165, 1.54) is 0 Å². The lowest BCUT2D eigenvalue weighted by atomic mass is 10.1. The van der Waals surface area contributed by atoms with Gasteiger partial charge in [0.15, 0.2) is 0 Å². The fraction of sp³-hybridized carbons (Fsp3) is 0.417. The summed E-state index contributed by atoms with van der Waals surface area (Å²) in [6.45, 7) is 4.28. The summed E-state index contributed by atoms with van der Waals surface area (Å²) in [5.41, 5.74) is 1.47. The quantitative estimate of drug-likeness (QED) is 0.841. The van der Waals surface area contributed by atoms with Gasteiger partial charge in [-0.2, -0.15) is 5.26 Å². The Morgan fingerprint density at radius 1 is 1.53 bits per heavy atom. The van der Waals surface area contributed by atoms with E-state index in [-0.39, 0.29) is 0 Å². The van der Waals surface area contributed by atoms with Crippen LogP contribution in [0.15, 0.2) is 18.2 Å². The van der Waals surface area contributed by atoms with Gasteiger partial charge in [0.05, 0.1) is 10.6 Å². The Bertz CT molecular complexity index is 368. The Balaban J connectivity index is 2.75. The van der Waals surface area contributed by atoms with Crippen molar-refractivity contribution in [3.8, 4) is 6.07 Å². The second kappa shape index (κ2) is 5.63. The van der Waals surface area contributed by atoms with Gasteiger partial charge in [0.25, 0.3) is 0 Å². The zero-order chi connectivity index (χ0) is 11.3. The van der Waals surface area contributed by atoms with Crippen molar-refractivity contribution >= 4 is 17.3 Å². The molecule has 2 nitrogen and oxygen atoms in total. The lowest BCUT2D eigenvalue weighted by molar-refractivity contribution is 0.690. The number of rotatable bonds is 4. The lowest BCUT2D eigenvalue weighted by Gasteiger charge is -2.14. The molecule has 0 saturated heterocycles. The predicted molar refractivity (Wildman–Crippen MR) is 64.2 cm³/mol. The minimum absolute atomic E-state index is 0.419. The van der Waals surface area contributed by atoms with Crippen LogP contribution >= 0.6 is 11.6 Å². The molecule has 0 radical (unpaired) electrons. The average molecular weight is 223 g/mol. The maximum absolute atomic E-state index is 8.82. The fourth-order valence-electron chi connectivity index (χ4n) is 1.49. The van der Waals surface area contributed by atoms with Crippen molar-refractivity contribution < 1.29 is 0 Å². The van der Waals surface area contributed by atoms with Gasteiger partial charge < -0.3 is 5.32 Å². The van der Waals surface area contributed by atoms with Crippen LogP contribution in [0.1, 0.15) is 32.3 Å². The number of nitrogens with one attached hydrogen (secondary N) is 1. The van der Waals surface area contributed by atoms with Crippen LogP contribution in [0.4, 0.5) is 5.69 Å². The molecule has 0 heterocycles. The van der Waals surface area contributed by atoms with E-state index in [4.69, 9.17) is 16.9 Å². The molecule has 1 N–H and O–H groups in total. The highest BCUT2D eigenvalue weighted by Gasteiger charge is 2.03. The highest BCUT2D eigenvalue weighted by Crippen LogP contribution is 2.20. The van der Waals surface area contributed by atoms with Gasteiger partial charge in [-0.25, -0.2) is 0 Å². The van der Waals surface area contributed by atoms with Gasteiger partial charge in [-0.15, -0.1) is 0 Å². The molecule has 0 aliphatic heterocycles. The summed E-state index contributed by atoms with van der Waals surface area (Å²) >= 11 is 5.84. The monoisotopic (exact) mass is 222 g/mol. The first-order chi connectivity index (χ1) is 7.17. The van der Waals surface area contributed by atoms with Crippen molar-refractivity contribution in [3.63, 3.8) is 0 Å². The number of nitriles is 1. The van der Waals surface area contributed by atoms with Gasteiger partial charge in [-0.1, -0.05) is 24.9 Å². The van der Waals surface area contributed by atoms with Crippen molar-refractivity contribution in [2.24, 2.45) is 0 Å². The van der Waals surface area contributed by atoms with E-state index in [2.05, 4.69) is 25.2 Å². The highest BCUT2D eigenvalue weighted by atomic mass is 35.5. The third-order valence-electron chi connectivity index (χ3n) is 2.22. The summed E-state index contributed by atoms with van der Waals surface area (Å²) < 4.78 is 0. The molecule has 3 heteroatoms. The molecule has 80 valence electrons. The summed E-state index contributed by atoms with van der Waals surface area (Å²) in [6, 6.07) is 7.92. The first-order valence-corrected chi connectivity index (χ1v) is 5.51. The third kappa shape index (κ3) is 3.45. The smallest absolute Gasteiger partial charge is 0.101 e. The largest absolute Gasteiger partial charge is 0.383 e. The molecule has 0 spiro atoms. The van der Waals surface area contributed by atoms with Gasteiger partial charge in [0.1, 0.15) is 6.07 Å². The lowest BCUT2D eigenvalue weighted by Crippen LogP contribution is -2.14. The third-order valence-corrected chi connectivity index (χ3v) is 2.55. The number of hydrogen-bond donors (Lipinski definition) is 1. The van der Waals surface area contributed by atoms with Crippen LogP contribution in [0, 0.1) is 11.3 Å². The van der Waals surface area contributed by atoms with E-state index in [0.29, 0.717) is 16.6 Å². The molecule has 0 saturated carbocycles. The molecule has 0 aromatic heterocycles. The van der Waals surface area contributed by atoms with Crippen molar-refractivity contribution in [2.45, 2.75) is 32.7 Å². The Morgan fingerprint density at radius 2 is 2.27 bits per heavy atom. The summed E-state index contributed by atoms with van der Waals surface area (Å²) in [5, 5.41) is 12.7. The Labute approximate surface area is 95.9 Å².